The van der Waals surface area contributed by atoms with Gasteiger partial charge in [-0.1, -0.05) is 0 Å². The Balaban J connectivity index is -0.0000000787. The van der Waals surface area contributed by atoms with Crippen LogP contribution in [0.1, 0.15) is 0 Å². The van der Waals surface area contributed by atoms with E-state index in [9.17, 15) is 0 Å². The van der Waals surface area contributed by atoms with Gasteiger partial charge in [-0.3, -0.25) is 18.2 Å². The maximum atomic E-state index is 8.67. The Morgan fingerprint density at radius 1 is 0.800 bits per heavy atom. The molecule has 0 unspecified atom stereocenters. The molecule has 0 saturated heterocycles. The minimum Gasteiger partial charge on any atom is -0.284 e. The molecule has 8 heteroatoms. The van der Waals surface area contributed by atoms with Crippen LogP contribution in [0.15, 0.2) is 13.2 Å². The van der Waals surface area contributed by atoms with Gasteiger partial charge in [-0.25, -0.2) is 0 Å². The van der Waals surface area contributed by atoms with E-state index in [0.717, 1.165) is 0 Å². The molecule has 6 nitrogen and oxygen atoms in total. The molecule has 0 rings (SSSR count). The second-order valence-electron chi connectivity index (χ2n) is 0.461. The van der Waals surface area contributed by atoms with Gasteiger partial charge >= 0.3 is 0 Å². The van der Waals surface area contributed by atoms with E-state index < -0.39 is 22.7 Å². The summed E-state index contributed by atoms with van der Waals surface area (Å²) in [5.41, 5.74) is 0. The second-order valence-corrected chi connectivity index (χ2v) is 1.38. The van der Waals surface area contributed by atoms with Crippen LogP contribution in [0.25, 0.3) is 0 Å². The van der Waals surface area contributed by atoms with E-state index in [0.29, 0.717) is 0 Å². The summed E-state index contributed by atoms with van der Waals surface area (Å²) in [5, 5.41) is 0. The predicted molar refractivity (Wildman–Crippen MR) is 38.1 cm³/mol. The molecule has 0 spiro atoms. The van der Waals surface area contributed by atoms with Crippen LogP contribution in [0.2, 0.25) is 0 Å². The largest absolute Gasteiger partial charge is 0.299 e. The number of rotatable bonds is 0. The average Bonchev–Trinajstić information content (AvgIpc) is 1.66. The van der Waals surface area contributed by atoms with Gasteiger partial charge in [0.25, 0.3) is 22.7 Å². The highest BCUT2D eigenvalue weighted by atomic mass is 32.2. The highest BCUT2D eigenvalue weighted by molar-refractivity contribution is 7.73. The van der Waals surface area contributed by atoms with Crippen LogP contribution in [-0.2, 0) is 22.7 Å². The molecule has 0 fully saturated rings. The maximum Gasteiger partial charge on any atom is 0.299 e. The van der Waals surface area contributed by atoms with Crippen molar-refractivity contribution < 1.29 is 26.6 Å². The van der Waals surface area contributed by atoms with Crippen molar-refractivity contribution in [3.63, 3.8) is 0 Å². The van der Waals surface area contributed by atoms with Crippen LogP contribution in [0, 0.1) is 0 Å². The monoisotopic (exact) mass is 192 g/mol. The summed E-state index contributed by atoms with van der Waals surface area (Å²) in [4.78, 5) is 0. The van der Waals surface area contributed by atoms with Crippen molar-refractivity contribution in [3.05, 3.63) is 13.2 Å². The molecule has 0 radical (unpaired) electrons. The molecular weight excluding hydrogens is 184 g/mol. The first kappa shape index (κ1) is 16.5. The Hall–Kier alpha value is -0.120. The van der Waals surface area contributed by atoms with Gasteiger partial charge in [-0.15, -0.1) is 13.2 Å². The molecule has 0 aliphatic carbocycles. The van der Waals surface area contributed by atoms with Crippen molar-refractivity contribution in [3.8, 4) is 0 Å². The van der Waals surface area contributed by atoms with Gasteiger partial charge < -0.3 is 0 Å². The van der Waals surface area contributed by atoms with Gasteiger partial charge in [0.15, 0.2) is 0 Å². The molecule has 10 heavy (non-hydrogen) atoms. The fourth-order valence-electron chi connectivity index (χ4n) is 0. The normalized spacial score (nSPS) is 7.40. The fraction of sp³-hybridized carbons (Fsp3) is 0. The fourth-order valence-corrected chi connectivity index (χ4v) is 0. The SMILES string of the molecule is C=C.O=S(O)O.O=S(O)O. The molecule has 0 saturated carbocycles. The topological polar surface area (TPSA) is 115 Å². The summed E-state index contributed by atoms with van der Waals surface area (Å²) < 4.78 is 45.7. The quantitative estimate of drug-likeness (QED) is 0.321. The zero-order chi connectivity index (χ0) is 9.15. The lowest BCUT2D eigenvalue weighted by atomic mass is 11.3. The lowest BCUT2D eigenvalue weighted by Gasteiger charge is -1.59. The summed E-state index contributed by atoms with van der Waals surface area (Å²) >= 11 is -5.22. The van der Waals surface area contributed by atoms with Crippen molar-refractivity contribution in [2.24, 2.45) is 0 Å². The minimum absolute atomic E-state index is 2.61. The summed E-state index contributed by atoms with van der Waals surface area (Å²) in [7, 11) is 0. The van der Waals surface area contributed by atoms with Gasteiger partial charge in [-0.2, -0.15) is 8.42 Å². The minimum atomic E-state index is -2.61. The third-order valence-corrected chi connectivity index (χ3v) is 0. The second kappa shape index (κ2) is 15.9. The Kier molecular flexibility index (Phi) is 26.2. The third kappa shape index (κ3) is 25900. The van der Waals surface area contributed by atoms with Crippen LogP contribution in [0.5, 0.6) is 0 Å². The molecule has 0 aromatic heterocycles. The maximum absolute atomic E-state index is 8.67. The number of hydrogen-bond acceptors (Lipinski definition) is 2. The van der Waals surface area contributed by atoms with E-state index in [1.165, 1.54) is 0 Å². The summed E-state index contributed by atoms with van der Waals surface area (Å²) in [6.07, 6.45) is 0. The molecule has 0 bridgehead atoms. The van der Waals surface area contributed by atoms with Crippen molar-refractivity contribution in [2.45, 2.75) is 0 Å². The average molecular weight is 192 g/mol. The molecule has 0 aromatic rings. The van der Waals surface area contributed by atoms with E-state index >= 15 is 0 Å². The molecule has 0 aliphatic rings. The molecule has 0 aromatic carbocycles. The Bertz CT molecular complexity index is 81.9. The Morgan fingerprint density at radius 2 is 0.800 bits per heavy atom. The van der Waals surface area contributed by atoms with Crippen molar-refractivity contribution in [2.75, 3.05) is 0 Å². The van der Waals surface area contributed by atoms with Gasteiger partial charge in [0.2, 0.25) is 0 Å². The van der Waals surface area contributed by atoms with E-state index in [1.807, 2.05) is 0 Å². The smallest absolute Gasteiger partial charge is 0.284 e. The molecule has 0 heterocycles. The summed E-state index contributed by atoms with van der Waals surface area (Å²) in [6, 6.07) is 0. The van der Waals surface area contributed by atoms with Gasteiger partial charge in [-0.05, 0) is 0 Å². The van der Waals surface area contributed by atoms with E-state index in [1.54, 1.807) is 0 Å². The van der Waals surface area contributed by atoms with Crippen LogP contribution >= 0.6 is 0 Å². The van der Waals surface area contributed by atoms with Gasteiger partial charge in [0.05, 0.1) is 0 Å². The summed E-state index contributed by atoms with van der Waals surface area (Å²) in [6.45, 7) is 6.00. The zero-order valence-electron chi connectivity index (χ0n) is 4.84. The molecular formula is C2H8O6S2. The van der Waals surface area contributed by atoms with E-state index in [4.69, 9.17) is 26.6 Å². The highest BCUT2D eigenvalue weighted by Crippen LogP contribution is 1.44. The Labute approximate surface area is 63.2 Å². The van der Waals surface area contributed by atoms with Gasteiger partial charge in [0.1, 0.15) is 0 Å². The standard InChI is InChI=1S/C2H4.2H2O3S/c1-2;2*1-4(2)3/h1-2H2;2*(H2,1,2,3). The van der Waals surface area contributed by atoms with E-state index in [2.05, 4.69) is 13.2 Å². The predicted octanol–water partition coefficient (Wildman–Crippen LogP) is 0.164. The first-order valence-electron chi connectivity index (χ1n) is 1.56. The van der Waals surface area contributed by atoms with Crippen molar-refractivity contribution >= 4 is 22.7 Å². The van der Waals surface area contributed by atoms with Crippen LogP contribution in [-0.4, -0.2) is 26.6 Å². The lowest BCUT2D eigenvalue weighted by molar-refractivity contribution is 0.452. The first-order valence-corrected chi connectivity index (χ1v) is 3.69. The number of hydrogen-bond donors (Lipinski definition) is 4. The highest BCUT2D eigenvalue weighted by Gasteiger charge is 1.63. The van der Waals surface area contributed by atoms with Crippen molar-refractivity contribution in [1.29, 1.82) is 0 Å². The van der Waals surface area contributed by atoms with E-state index in [-0.39, 0.29) is 0 Å². The van der Waals surface area contributed by atoms with Crippen LogP contribution in [0.3, 0.4) is 0 Å². The summed E-state index contributed by atoms with van der Waals surface area (Å²) in [5.74, 6) is 0. The lowest BCUT2D eigenvalue weighted by Crippen LogP contribution is -1.74. The molecule has 0 aliphatic heterocycles. The molecule has 0 amide bonds. The first-order chi connectivity index (χ1) is 4.46. The van der Waals surface area contributed by atoms with Gasteiger partial charge in [0, 0.05) is 0 Å². The molecule has 64 valence electrons. The molecule has 0 atom stereocenters. The molecule has 4 N–H and O–H groups in total. The third-order valence-electron chi connectivity index (χ3n) is 0. The Morgan fingerprint density at radius 3 is 0.800 bits per heavy atom. The van der Waals surface area contributed by atoms with Crippen LogP contribution < -0.4 is 0 Å². The van der Waals surface area contributed by atoms with Crippen LogP contribution in [0.4, 0.5) is 0 Å². The zero-order valence-corrected chi connectivity index (χ0v) is 6.47. The van der Waals surface area contributed by atoms with Crippen molar-refractivity contribution in [1.82, 2.24) is 0 Å².